The highest BCUT2D eigenvalue weighted by atomic mass is 32.2. The minimum absolute atomic E-state index is 0.0557. The Morgan fingerprint density at radius 3 is 2.35 bits per heavy atom. The minimum atomic E-state index is -3.83. The summed E-state index contributed by atoms with van der Waals surface area (Å²) < 4.78 is 24.6. The molecule has 0 aromatic heterocycles. The van der Waals surface area contributed by atoms with Crippen LogP contribution in [0.4, 0.5) is 0 Å². The van der Waals surface area contributed by atoms with Crippen molar-refractivity contribution < 1.29 is 18.0 Å². The highest BCUT2D eigenvalue weighted by Gasteiger charge is 2.57. The summed E-state index contributed by atoms with van der Waals surface area (Å²) in [6.45, 7) is 1.95. The van der Waals surface area contributed by atoms with Gasteiger partial charge in [0.1, 0.15) is 6.04 Å². The fourth-order valence-corrected chi connectivity index (χ4v) is 5.47. The van der Waals surface area contributed by atoms with Crippen LogP contribution < -0.4 is 5.32 Å². The van der Waals surface area contributed by atoms with Gasteiger partial charge in [0.25, 0.3) is 5.91 Å². The van der Waals surface area contributed by atoms with Crippen LogP contribution in [0.3, 0.4) is 0 Å². The second kappa shape index (κ2) is 7.01. The third-order valence-corrected chi connectivity index (χ3v) is 7.30. The van der Waals surface area contributed by atoms with E-state index >= 15 is 0 Å². The molecule has 2 fully saturated rings. The highest BCUT2D eigenvalue weighted by molar-refractivity contribution is 7.94. The van der Waals surface area contributed by atoms with Crippen molar-refractivity contribution in [2.45, 2.75) is 68.8 Å². The van der Waals surface area contributed by atoms with Crippen molar-refractivity contribution in [3.05, 3.63) is 0 Å². The van der Waals surface area contributed by atoms with Crippen molar-refractivity contribution in [1.82, 2.24) is 10.2 Å². The molecule has 1 aliphatic heterocycles. The maximum atomic E-state index is 13.1. The first kappa shape index (κ1) is 18.6. The fraction of sp³-hybridized carbons (Fsp3) is 0.867. The summed E-state index contributed by atoms with van der Waals surface area (Å²) in [7, 11) is -3.83. The van der Waals surface area contributed by atoms with Crippen LogP contribution in [-0.2, 0) is 19.4 Å². The monoisotopic (exact) mass is 362 g/mol. The van der Waals surface area contributed by atoms with Crippen molar-refractivity contribution in [3.63, 3.8) is 0 Å². The maximum absolute atomic E-state index is 13.1. The van der Waals surface area contributed by atoms with Crippen LogP contribution in [0.5, 0.6) is 0 Å². The third-order valence-electron chi connectivity index (χ3n) is 4.93. The highest BCUT2D eigenvalue weighted by Crippen LogP contribution is 2.33. The predicted octanol–water partition coefficient (Wildman–Crippen LogP) is 1.12. The van der Waals surface area contributed by atoms with E-state index < -0.39 is 26.7 Å². The Hall–Kier alpha value is -0.760. The Kier molecular flexibility index (Phi) is 5.66. The Morgan fingerprint density at radius 1 is 1.26 bits per heavy atom. The van der Waals surface area contributed by atoms with E-state index in [0.717, 1.165) is 44.8 Å². The second-order valence-corrected chi connectivity index (χ2v) is 9.11. The molecule has 2 amide bonds. The molecule has 2 atom stereocenters. The molecule has 8 heteroatoms. The van der Waals surface area contributed by atoms with E-state index in [1.165, 1.54) is 0 Å². The Morgan fingerprint density at radius 2 is 1.87 bits per heavy atom. The summed E-state index contributed by atoms with van der Waals surface area (Å²) in [5, 5.41) is 2.48. The number of nitrogens with one attached hydrogen (secondary N) is 1. The van der Waals surface area contributed by atoms with Crippen LogP contribution in [-0.4, -0.2) is 54.1 Å². The van der Waals surface area contributed by atoms with Crippen molar-refractivity contribution in [3.8, 4) is 0 Å². The lowest BCUT2D eigenvalue weighted by Gasteiger charge is -2.48. The molecule has 0 aromatic rings. The van der Waals surface area contributed by atoms with Gasteiger partial charge in [-0.25, -0.2) is 8.42 Å². The molecule has 0 bridgehead atoms. The van der Waals surface area contributed by atoms with E-state index in [4.69, 9.17) is 0 Å². The van der Waals surface area contributed by atoms with Crippen molar-refractivity contribution in [2.24, 2.45) is 0 Å². The van der Waals surface area contributed by atoms with Gasteiger partial charge in [0, 0.05) is 18.1 Å². The van der Waals surface area contributed by atoms with Crippen LogP contribution in [0.25, 0.3) is 0 Å². The topological polar surface area (TPSA) is 83.5 Å². The molecule has 0 aromatic carbocycles. The van der Waals surface area contributed by atoms with Gasteiger partial charge >= 0.3 is 0 Å². The smallest absolute Gasteiger partial charge is 0.266 e. The van der Waals surface area contributed by atoms with E-state index in [2.05, 4.69) is 17.9 Å². The summed E-state index contributed by atoms with van der Waals surface area (Å²) in [4.78, 5) is 25.4. The fourth-order valence-electron chi connectivity index (χ4n) is 3.61. The van der Waals surface area contributed by atoms with Gasteiger partial charge in [0.2, 0.25) is 10.8 Å². The van der Waals surface area contributed by atoms with Gasteiger partial charge in [-0.15, -0.1) is 0 Å². The van der Waals surface area contributed by atoms with Crippen LogP contribution in [0.2, 0.25) is 0 Å². The average Bonchev–Trinajstić information content (AvgIpc) is 2.50. The van der Waals surface area contributed by atoms with Crippen LogP contribution in [0.1, 0.15) is 51.9 Å². The largest absolute Gasteiger partial charge is 0.327 e. The van der Waals surface area contributed by atoms with Crippen LogP contribution in [0, 0.1) is 0 Å². The van der Waals surface area contributed by atoms with E-state index in [0.29, 0.717) is 6.42 Å². The lowest BCUT2D eigenvalue weighted by atomic mass is 9.90. The third kappa shape index (κ3) is 3.24. The lowest BCUT2D eigenvalue weighted by Crippen LogP contribution is -2.75. The molecule has 2 rings (SSSR count). The Bertz CT molecular complexity index is 572. The van der Waals surface area contributed by atoms with Crippen LogP contribution in [0.15, 0.2) is 0 Å². The van der Waals surface area contributed by atoms with E-state index in [-0.39, 0.29) is 17.7 Å². The van der Waals surface area contributed by atoms with Gasteiger partial charge < -0.3 is 10.2 Å². The van der Waals surface area contributed by atoms with Gasteiger partial charge in [-0.2, -0.15) is 12.6 Å². The summed E-state index contributed by atoms with van der Waals surface area (Å²) in [5.74, 6) is -1.14. The molecule has 23 heavy (non-hydrogen) atoms. The van der Waals surface area contributed by atoms with Crippen molar-refractivity contribution >= 4 is 34.3 Å². The summed E-state index contributed by atoms with van der Waals surface area (Å²) in [6, 6.07) is -0.634. The zero-order chi connectivity index (χ0) is 17.3. The number of nitrogens with zero attached hydrogens (tertiary/aromatic N) is 1. The van der Waals surface area contributed by atoms with Gasteiger partial charge in [-0.1, -0.05) is 32.6 Å². The number of thiol groups is 1. The second-order valence-electron chi connectivity index (χ2n) is 6.56. The molecule has 0 radical (unpaired) electrons. The first-order chi connectivity index (χ1) is 10.8. The van der Waals surface area contributed by atoms with Gasteiger partial charge in [-0.3, -0.25) is 9.59 Å². The number of amides is 2. The molecular formula is C15H26N2O4S2. The van der Waals surface area contributed by atoms with Crippen LogP contribution >= 0.6 is 12.6 Å². The van der Waals surface area contributed by atoms with E-state index in [1.807, 2.05) is 6.92 Å². The molecule has 1 saturated heterocycles. The Labute approximate surface area is 143 Å². The molecule has 1 N–H and O–H groups in total. The molecule has 2 unspecified atom stereocenters. The van der Waals surface area contributed by atoms with Crippen molar-refractivity contribution in [1.29, 1.82) is 0 Å². The lowest BCUT2D eigenvalue weighted by molar-refractivity contribution is -0.154. The number of carbonyl (C=O) groups is 2. The summed E-state index contributed by atoms with van der Waals surface area (Å²) in [6.07, 6.45) is 7.05. The minimum Gasteiger partial charge on any atom is -0.327 e. The first-order valence-corrected chi connectivity index (χ1v) is 10.8. The summed E-state index contributed by atoms with van der Waals surface area (Å²) >= 11 is 4.09. The summed E-state index contributed by atoms with van der Waals surface area (Å²) in [5.41, 5.74) is 0. The first-order valence-electron chi connectivity index (χ1n) is 8.23. The number of hydrogen-bond donors (Lipinski definition) is 2. The zero-order valence-corrected chi connectivity index (χ0v) is 15.5. The molecule has 6 nitrogen and oxygen atoms in total. The standard InChI is InChI=1S/C15H26N2O4S2/c1-3-7-12-13(18)16-15(10-22,23(2,20)21)14(19)17(12)11-8-5-4-6-9-11/h11-12,22H,3-10H2,1-2H3,(H,16,18). The number of piperazine rings is 1. The number of hydrogen-bond acceptors (Lipinski definition) is 5. The van der Waals surface area contributed by atoms with E-state index in [9.17, 15) is 18.0 Å². The Balaban J connectivity index is 2.46. The van der Waals surface area contributed by atoms with Crippen molar-refractivity contribution in [2.75, 3.05) is 12.0 Å². The molecular weight excluding hydrogens is 336 g/mol. The van der Waals surface area contributed by atoms with Gasteiger partial charge in [0.05, 0.1) is 0 Å². The molecule has 0 spiro atoms. The van der Waals surface area contributed by atoms with Gasteiger partial charge in [-0.05, 0) is 19.3 Å². The molecule has 132 valence electrons. The quantitative estimate of drug-likeness (QED) is 0.718. The maximum Gasteiger partial charge on any atom is 0.266 e. The molecule has 1 heterocycles. The van der Waals surface area contributed by atoms with Gasteiger partial charge in [0.15, 0.2) is 9.84 Å². The molecule has 1 saturated carbocycles. The molecule has 2 aliphatic rings. The number of carbonyl (C=O) groups excluding carboxylic acids is 2. The number of sulfone groups is 1. The number of rotatable bonds is 5. The molecule has 1 aliphatic carbocycles. The zero-order valence-electron chi connectivity index (χ0n) is 13.7. The predicted molar refractivity (Wildman–Crippen MR) is 92.0 cm³/mol. The normalized spacial score (nSPS) is 30.4. The average molecular weight is 363 g/mol. The van der Waals surface area contributed by atoms with E-state index in [1.54, 1.807) is 4.90 Å². The SMILES string of the molecule is CCCC1C(=O)NC(CS)(S(C)(=O)=O)C(=O)N1C1CCCCC1.